The number of aromatic nitrogens is 2. The monoisotopic (exact) mass is 412 g/mol. The molecule has 0 spiro atoms. The fourth-order valence-electron chi connectivity index (χ4n) is 2.72. The van der Waals surface area contributed by atoms with Gasteiger partial charge in [0.2, 0.25) is 0 Å². The van der Waals surface area contributed by atoms with Gasteiger partial charge in [-0.25, -0.2) is 14.4 Å². The molecular weight excluding hydrogens is 391 g/mol. The third-order valence-electron chi connectivity index (χ3n) is 4.34. The Labute approximate surface area is 172 Å². The van der Waals surface area contributed by atoms with Gasteiger partial charge in [-0.1, -0.05) is 12.1 Å². The highest BCUT2D eigenvalue weighted by molar-refractivity contribution is 7.12. The lowest BCUT2D eigenvalue weighted by molar-refractivity contribution is 0.0935. The zero-order chi connectivity index (χ0) is 21.0. The van der Waals surface area contributed by atoms with E-state index in [1.807, 2.05) is 26.0 Å². The van der Waals surface area contributed by atoms with E-state index in [9.17, 15) is 14.0 Å². The van der Waals surface area contributed by atoms with E-state index in [0.29, 0.717) is 5.56 Å². The lowest BCUT2D eigenvalue weighted by Gasteiger charge is -2.12. The van der Waals surface area contributed by atoms with Crippen LogP contribution < -0.4 is 10.6 Å². The van der Waals surface area contributed by atoms with Crippen LogP contribution in [0.4, 0.5) is 4.39 Å². The Balaban J connectivity index is 1.63. The molecule has 0 unspecified atom stereocenters. The maximum Gasteiger partial charge on any atom is 0.270 e. The van der Waals surface area contributed by atoms with Crippen molar-refractivity contribution in [2.24, 2.45) is 0 Å². The summed E-state index contributed by atoms with van der Waals surface area (Å²) in [6, 6.07) is 9.79. The molecule has 2 heterocycles. The average Bonchev–Trinajstić information content (AvgIpc) is 3.15. The summed E-state index contributed by atoms with van der Waals surface area (Å²) in [6.45, 7) is 5.78. The van der Waals surface area contributed by atoms with E-state index in [4.69, 9.17) is 0 Å². The molecule has 2 aromatic heterocycles. The number of nitrogens with one attached hydrogen (secondary N) is 2. The normalized spacial score (nSPS) is 11.7. The highest BCUT2D eigenvalue weighted by Crippen LogP contribution is 2.22. The Hall–Kier alpha value is -3.13. The summed E-state index contributed by atoms with van der Waals surface area (Å²) in [7, 11) is 0. The Morgan fingerprint density at radius 1 is 1.07 bits per heavy atom. The number of hydrogen-bond donors (Lipinski definition) is 2. The minimum absolute atomic E-state index is 0.0867. The van der Waals surface area contributed by atoms with Crippen LogP contribution in [0.1, 0.15) is 54.8 Å². The maximum atomic E-state index is 13.3. The number of nitrogens with zero attached hydrogens (tertiary/aromatic N) is 2. The van der Waals surface area contributed by atoms with E-state index < -0.39 is 5.91 Å². The van der Waals surface area contributed by atoms with Gasteiger partial charge >= 0.3 is 0 Å². The number of rotatable bonds is 6. The van der Waals surface area contributed by atoms with Crippen LogP contribution in [0.2, 0.25) is 0 Å². The van der Waals surface area contributed by atoms with Gasteiger partial charge in [-0.2, -0.15) is 0 Å². The second-order valence-corrected chi connectivity index (χ2v) is 8.02. The molecule has 0 aliphatic rings. The van der Waals surface area contributed by atoms with Crippen LogP contribution in [0.25, 0.3) is 0 Å². The molecule has 0 bridgehead atoms. The molecule has 0 saturated heterocycles. The molecule has 0 fully saturated rings. The first-order chi connectivity index (χ1) is 13.8. The summed E-state index contributed by atoms with van der Waals surface area (Å²) < 4.78 is 13.3. The molecule has 2 amide bonds. The van der Waals surface area contributed by atoms with Crippen LogP contribution in [-0.2, 0) is 6.54 Å². The topological polar surface area (TPSA) is 84.0 Å². The van der Waals surface area contributed by atoms with Gasteiger partial charge in [-0.15, -0.1) is 11.3 Å². The van der Waals surface area contributed by atoms with Gasteiger partial charge in [-0.05, 0) is 50.1 Å². The smallest absolute Gasteiger partial charge is 0.270 e. The molecule has 3 rings (SSSR count). The molecule has 0 saturated carbocycles. The van der Waals surface area contributed by atoms with Crippen molar-refractivity contribution in [2.45, 2.75) is 33.4 Å². The van der Waals surface area contributed by atoms with Crippen molar-refractivity contribution < 1.29 is 14.0 Å². The average molecular weight is 412 g/mol. The summed E-state index contributed by atoms with van der Waals surface area (Å²) in [5.41, 5.74) is 1.48. The quantitative estimate of drug-likeness (QED) is 0.646. The van der Waals surface area contributed by atoms with Gasteiger partial charge in [0.05, 0.1) is 6.04 Å². The van der Waals surface area contributed by atoms with Gasteiger partial charge in [0.15, 0.2) is 0 Å². The number of halogens is 1. The Morgan fingerprint density at radius 3 is 2.45 bits per heavy atom. The first-order valence-electron chi connectivity index (χ1n) is 9.06. The van der Waals surface area contributed by atoms with Gasteiger partial charge in [-0.3, -0.25) is 9.59 Å². The molecule has 0 aliphatic heterocycles. The van der Waals surface area contributed by atoms with Crippen LogP contribution >= 0.6 is 11.3 Å². The van der Waals surface area contributed by atoms with E-state index in [1.165, 1.54) is 23.3 Å². The van der Waals surface area contributed by atoms with Crippen molar-refractivity contribution >= 4 is 23.2 Å². The second-order valence-electron chi connectivity index (χ2n) is 6.70. The zero-order valence-electron chi connectivity index (χ0n) is 16.3. The van der Waals surface area contributed by atoms with Crippen LogP contribution in [0.3, 0.4) is 0 Å². The van der Waals surface area contributed by atoms with Crippen LogP contribution in [0.15, 0.2) is 42.7 Å². The Morgan fingerprint density at radius 2 is 1.79 bits per heavy atom. The van der Waals surface area contributed by atoms with E-state index in [-0.39, 0.29) is 35.7 Å². The molecule has 0 radical (unpaired) electrons. The highest BCUT2D eigenvalue weighted by atomic mass is 32.1. The number of carbonyl (C=O) groups excluding carboxylic acids is 2. The number of hydrogen-bond acceptors (Lipinski definition) is 5. The maximum absolute atomic E-state index is 13.3. The molecule has 1 aromatic carbocycles. The molecule has 0 aliphatic carbocycles. The minimum atomic E-state index is -0.439. The van der Waals surface area contributed by atoms with Crippen LogP contribution in [0, 0.1) is 19.7 Å². The highest BCUT2D eigenvalue weighted by Gasteiger charge is 2.16. The van der Waals surface area contributed by atoms with E-state index in [2.05, 4.69) is 20.6 Å². The van der Waals surface area contributed by atoms with Crippen LogP contribution in [-0.4, -0.2) is 21.8 Å². The summed E-state index contributed by atoms with van der Waals surface area (Å²) in [5, 5.41) is 5.59. The first kappa shape index (κ1) is 20.6. The molecule has 3 aromatic rings. The number of amides is 2. The number of benzene rings is 1. The minimum Gasteiger partial charge on any atom is -0.347 e. The predicted molar refractivity (Wildman–Crippen MR) is 109 cm³/mol. The van der Waals surface area contributed by atoms with Crippen molar-refractivity contribution in [3.8, 4) is 0 Å². The van der Waals surface area contributed by atoms with Gasteiger partial charge in [0.1, 0.15) is 23.5 Å². The molecule has 150 valence electrons. The molecule has 6 nitrogen and oxygen atoms in total. The van der Waals surface area contributed by atoms with E-state index in [1.54, 1.807) is 30.4 Å². The van der Waals surface area contributed by atoms with Crippen molar-refractivity contribution in [2.75, 3.05) is 0 Å². The first-order valence-corrected chi connectivity index (χ1v) is 9.87. The summed E-state index contributed by atoms with van der Waals surface area (Å²) >= 11 is 1.61. The van der Waals surface area contributed by atoms with Crippen LogP contribution in [0.5, 0.6) is 0 Å². The fraction of sp³-hybridized carbons (Fsp3) is 0.238. The molecule has 8 heteroatoms. The zero-order valence-corrected chi connectivity index (χ0v) is 17.1. The predicted octanol–water partition coefficient (Wildman–Crippen LogP) is 3.72. The lowest BCUT2D eigenvalue weighted by atomic mass is 10.1. The number of aryl methyl sites for hydroxylation is 2. The van der Waals surface area contributed by atoms with Crippen molar-refractivity contribution in [1.29, 1.82) is 0 Å². The number of thiophene rings is 1. The van der Waals surface area contributed by atoms with Crippen molar-refractivity contribution in [3.05, 3.63) is 80.8 Å². The van der Waals surface area contributed by atoms with Gasteiger partial charge in [0, 0.05) is 22.4 Å². The summed E-state index contributed by atoms with van der Waals surface area (Å²) in [6.07, 6.45) is 1.19. The largest absolute Gasteiger partial charge is 0.347 e. The lowest BCUT2D eigenvalue weighted by Crippen LogP contribution is -2.28. The number of carbonyl (C=O) groups is 2. The Kier molecular flexibility index (Phi) is 6.33. The van der Waals surface area contributed by atoms with E-state index in [0.717, 1.165) is 10.4 Å². The molecule has 1 atom stereocenters. The summed E-state index contributed by atoms with van der Waals surface area (Å²) in [5.74, 6) is -1.11. The summed E-state index contributed by atoms with van der Waals surface area (Å²) in [4.78, 5) is 35.0. The second kappa shape index (κ2) is 8.91. The third-order valence-corrected chi connectivity index (χ3v) is 5.53. The SMILES string of the molecule is Cc1ccc([C@H](C)NC(=O)c2cc(C(=O)NCc3ccc(F)c(C)c3)ncn2)s1. The van der Waals surface area contributed by atoms with E-state index >= 15 is 0 Å². The van der Waals surface area contributed by atoms with Gasteiger partial charge < -0.3 is 10.6 Å². The third kappa shape index (κ3) is 5.23. The standard InChI is InChI=1S/C21H21FN4O2S/c1-12-8-15(5-6-16(12)22)10-23-20(27)17-9-18(25-11-24-17)21(28)26-14(3)19-7-4-13(2)29-19/h4-9,11,14H,10H2,1-3H3,(H,23,27)(H,26,28)/t14-/m0/s1. The molecule has 29 heavy (non-hydrogen) atoms. The van der Waals surface area contributed by atoms with Crippen molar-refractivity contribution in [1.82, 2.24) is 20.6 Å². The molecule has 2 N–H and O–H groups in total. The fourth-order valence-corrected chi connectivity index (χ4v) is 3.60. The van der Waals surface area contributed by atoms with Gasteiger partial charge in [0.25, 0.3) is 11.8 Å². The Bertz CT molecular complexity index is 1050. The molecular formula is C21H21FN4O2S. The van der Waals surface area contributed by atoms with Crippen molar-refractivity contribution in [3.63, 3.8) is 0 Å².